The van der Waals surface area contributed by atoms with Crippen LogP contribution in [0.4, 0.5) is 4.79 Å². The summed E-state index contributed by atoms with van der Waals surface area (Å²) in [4.78, 5) is 22.9. The number of carboxylic acid groups (broad SMARTS) is 1. The van der Waals surface area contributed by atoms with Gasteiger partial charge in [0.15, 0.2) is 0 Å². The predicted octanol–water partition coefficient (Wildman–Crippen LogP) is 3.19. The van der Waals surface area contributed by atoms with E-state index >= 15 is 0 Å². The van der Waals surface area contributed by atoms with Gasteiger partial charge in [-0.3, -0.25) is 0 Å². The van der Waals surface area contributed by atoms with E-state index in [-0.39, 0.29) is 12.5 Å². The highest BCUT2D eigenvalue weighted by Crippen LogP contribution is 2.13. The van der Waals surface area contributed by atoms with E-state index in [0.29, 0.717) is 6.42 Å². The normalized spacial score (nSPS) is 13.2. The second-order valence-electron chi connectivity index (χ2n) is 5.23. The Balaban J connectivity index is 2.43. The zero-order valence-electron chi connectivity index (χ0n) is 12.5. The Bertz CT molecular complexity index is 447. The van der Waals surface area contributed by atoms with Crippen LogP contribution in [-0.2, 0) is 16.1 Å². The van der Waals surface area contributed by atoms with Crippen molar-refractivity contribution in [2.75, 3.05) is 0 Å². The monoisotopic (exact) mass is 293 g/mol. The Morgan fingerprint density at radius 3 is 2.52 bits per heavy atom. The van der Waals surface area contributed by atoms with E-state index < -0.39 is 18.1 Å². The number of hydrogen-bond donors (Lipinski definition) is 2. The lowest BCUT2D eigenvalue weighted by molar-refractivity contribution is -0.139. The molecule has 0 saturated heterocycles. The number of amides is 1. The molecule has 0 spiro atoms. The molecule has 21 heavy (non-hydrogen) atoms. The Morgan fingerprint density at radius 2 is 1.95 bits per heavy atom. The average molecular weight is 293 g/mol. The summed E-state index contributed by atoms with van der Waals surface area (Å²) in [5.41, 5.74) is 0.860. The lowest BCUT2D eigenvalue weighted by Gasteiger charge is -2.18. The van der Waals surface area contributed by atoms with Crippen molar-refractivity contribution in [1.82, 2.24) is 5.32 Å². The zero-order chi connectivity index (χ0) is 15.7. The fourth-order valence-corrected chi connectivity index (χ4v) is 2.14. The van der Waals surface area contributed by atoms with Crippen LogP contribution in [0, 0.1) is 5.92 Å². The van der Waals surface area contributed by atoms with Crippen molar-refractivity contribution in [2.24, 2.45) is 5.92 Å². The first-order valence-electron chi connectivity index (χ1n) is 7.23. The largest absolute Gasteiger partial charge is 0.480 e. The van der Waals surface area contributed by atoms with E-state index in [1.807, 2.05) is 44.2 Å². The molecule has 2 unspecified atom stereocenters. The maximum absolute atomic E-state index is 11.7. The van der Waals surface area contributed by atoms with Crippen LogP contribution < -0.4 is 5.32 Å². The van der Waals surface area contributed by atoms with Crippen molar-refractivity contribution < 1.29 is 19.4 Å². The number of ether oxygens (including phenoxy) is 1. The lowest BCUT2D eigenvalue weighted by Crippen LogP contribution is -2.42. The number of hydrogen-bond acceptors (Lipinski definition) is 3. The third kappa shape index (κ3) is 6.79. The number of alkyl carbamates (subject to hydrolysis) is 1. The molecule has 1 rings (SSSR count). The second kappa shape index (κ2) is 9.00. The van der Waals surface area contributed by atoms with E-state index in [2.05, 4.69) is 5.32 Å². The number of carbonyl (C=O) groups is 2. The molecule has 0 aliphatic heterocycles. The van der Waals surface area contributed by atoms with Crippen LogP contribution in [0.1, 0.15) is 38.7 Å². The molecule has 0 radical (unpaired) electrons. The smallest absolute Gasteiger partial charge is 0.408 e. The number of carboxylic acids is 1. The van der Waals surface area contributed by atoms with Gasteiger partial charge < -0.3 is 15.2 Å². The maximum atomic E-state index is 11.7. The Morgan fingerprint density at radius 1 is 1.29 bits per heavy atom. The van der Waals surface area contributed by atoms with Gasteiger partial charge in [-0.05, 0) is 17.9 Å². The minimum atomic E-state index is -1.03. The van der Waals surface area contributed by atoms with Crippen LogP contribution in [0.2, 0.25) is 0 Å². The van der Waals surface area contributed by atoms with Crippen molar-refractivity contribution in [3.05, 3.63) is 35.9 Å². The van der Waals surface area contributed by atoms with Gasteiger partial charge in [0.05, 0.1) is 0 Å². The quantitative estimate of drug-likeness (QED) is 0.771. The van der Waals surface area contributed by atoms with E-state index in [1.165, 1.54) is 0 Å². The van der Waals surface area contributed by atoms with E-state index in [1.54, 1.807) is 0 Å². The molecule has 5 heteroatoms. The molecular formula is C16H23NO4. The molecule has 0 bridgehead atoms. The fourth-order valence-electron chi connectivity index (χ4n) is 2.14. The van der Waals surface area contributed by atoms with Gasteiger partial charge in [-0.25, -0.2) is 9.59 Å². The molecule has 1 amide bonds. The number of benzene rings is 1. The first-order valence-corrected chi connectivity index (χ1v) is 7.23. The first-order chi connectivity index (χ1) is 10.0. The van der Waals surface area contributed by atoms with E-state index in [0.717, 1.165) is 18.4 Å². The molecule has 0 fully saturated rings. The third-order valence-corrected chi connectivity index (χ3v) is 3.22. The molecule has 0 saturated carbocycles. The van der Waals surface area contributed by atoms with Crippen LogP contribution in [0.15, 0.2) is 30.3 Å². The summed E-state index contributed by atoms with van der Waals surface area (Å²) in [6, 6.07) is 8.34. The molecule has 116 valence electrons. The van der Waals surface area contributed by atoms with Crippen molar-refractivity contribution in [1.29, 1.82) is 0 Å². The van der Waals surface area contributed by atoms with Gasteiger partial charge in [-0.1, -0.05) is 57.0 Å². The summed E-state index contributed by atoms with van der Waals surface area (Å²) in [6.45, 7) is 4.16. The Hall–Kier alpha value is -2.04. The Kier molecular flexibility index (Phi) is 7.29. The summed E-state index contributed by atoms with van der Waals surface area (Å²) < 4.78 is 5.04. The van der Waals surface area contributed by atoms with E-state index in [4.69, 9.17) is 9.84 Å². The number of nitrogens with one attached hydrogen (secondary N) is 1. The third-order valence-electron chi connectivity index (χ3n) is 3.22. The minimum Gasteiger partial charge on any atom is -0.480 e. The number of rotatable bonds is 8. The average Bonchev–Trinajstić information content (AvgIpc) is 2.45. The van der Waals surface area contributed by atoms with Crippen LogP contribution in [-0.4, -0.2) is 23.2 Å². The van der Waals surface area contributed by atoms with Gasteiger partial charge in [0.2, 0.25) is 0 Å². The van der Waals surface area contributed by atoms with Gasteiger partial charge in [-0.15, -0.1) is 0 Å². The van der Waals surface area contributed by atoms with Gasteiger partial charge in [0, 0.05) is 0 Å². The molecule has 0 aromatic heterocycles. The van der Waals surface area contributed by atoms with Gasteiger partial charge in [-0.2, -0.15) is 0 Å². The Labute approximate surface area is 125 Å². The van der Waals surface area contributed by atoms with Gasteiger partial charge in [0.1, 0.15) is 12.6 Å². The maximum Gasteiger partial charge on any atom is 0.408 e. The molecule has 1 aromatic carbocycles. The molecule has 5 nitrogen and oxygen atoms in total. The van der Waals surface area contributed by atoms with Crippen LogP contribution in [0.5, 0.6) is 0 Å². The SMILES string of the molecule is CCCC(C)CC(NC(=O)OCc1ccccc1)C(=O)O. The highest BCUT2D eigenvalue weighted by molar-refractivity contribution is 5.79. The van der Waals surface area contributed by atoms with Gasteiger partial charge in [0.25, 0.3) is 0 Å². The molecule has 2 atom stereocenters. The van der Waals surface area contributed by atoms with Crippen LogP contribution in [0.3, 0.4) is 0 Å². The van der Waals surface area contributed by atoms with Gasteiger partial charge >= 0.3 is 12.1 Å². The minimum absolute atomic E-state index is 0.128. The molecule has 1 aromatic rings. The standard InChI is InChI=1S/C16H23NO4/c1-3-7-12(2)10-14(15(18)19)17-16(20)21-11-13-8-5-4-6-9-13/h4-6,8-9,12,14H,3,7,10-11H2,1-2H3,(H,17,20)(H,18,19). The number of aliphatic carboxylic acids is 1. The summed E-state index contributed by atoms with van der Waals surface area (Å²) in [6.07, 6.45) is 1.63. The van der Waals surface area contributed by atoms with Crippen molar-refractivity contribution in [3.63, 3.8) is 0 Å². The molecule has 0 heterocycles. The summed E-state index contributed by atoms with van der Waals surface area (Å²) in [7, 11) is 0. The first kappa shape index (κ1) is 17.0. The lowest BCUT2D eigenvalue weighted by atomic mass is 9.97. The fraction of sp³-hybridized carbons (Fsp3) is 0.500. The number of carbonyl (C=O) groups excluding carboxylic acids is 1. The van der Waals surface area contributed by atoms with Crippen molar-refractivity contribution >= 4 is 12.1 Å². The van der Waals surface area contributed by atoms with Crippen LogP contribution >= 0.6 is 0 Å². The van der Waals surface area contributed by atoms with Crippen LogP contribution in [0.25, 0.3) is 0 Å². The molecule has 0 aliphatic rings. The highest BCUT2D eigenvalue weighted by Gasteiger charge is 2.22. The van der Waals surface area contributed by atoms with Crippen molar-refractivity contribution in [3.8, 4) is 0 Å². The topological polar surface area (TPSA) is 75.6 Å². The summed E-state index contributed by atoms with van der Waals surface area (Å²) in [5, 5.41) is 11.6. The molecule has 2 N–H and O–H groups in total. The van der Waals surface area contributed by atoms with Crippen molar-refractivity contribution in [2.45, 2.75) is 45.8 Å². The van der Waals surface area contributed by atoms with E-state index in [9.17, 15) is 9.59 Å². The summed E-state index contributed by atoms with van der Waals surface area (Å²) in [5.74, 6) is -0.792. The zero-order valence-corrected chi connectivity index (χ0v) is 12.5. The second-order valence-corrected chi connectivity index (χ2v) is 5.23. The highest BCUT2D eigenvalue weighted by atomic mass is 16.5. The molecule has 0 aliphatic carbocycles. The summed E-state index contributed by atoms with van der Waals surface area (Å²) >= 11 is 0. The predicted molar refractivity (Wildman–Crippen MR) is 79.9 cm³/mol. The molecular weight excluding hydrogens is 270 g/mol.